The van der Waals surface area contributed by atoms with Crippen LogP contribution in [0.5, 0.6) is 0 Å². The Morgan fingerprint density at radius 2 is 2.11 bits per heavy atom. The Bertz CT molecular complexity index is 600. The van der Waals surface area contributed by atoms with Gasteiger partial charge in [-0.25, -0.2) is 0 Å². The van der Waals surface area contributed by atoms with Crippen molar-refractivity contribution in [2.45, 2.75) is 32.7 Å². The van der Waals surface area contributed by atoms with Gasteiger partial charge in [-0.05, 0) is 32.3 Å². The van der Waals surface area contributed by atoms with Gasteiger partial charge >= 0.3 is 0 Å². The molecule has 1 amide bonds. The summed E-state index contributed by atoms with van der Waals surface area (Å²) in [7, 11) is 0. The van der Waals surface area contributed by atoms with Crippen molar-refractivity contribution >= 4 is 5.91 Å². The molecule has 1 atom stereocenters. The number of aromatic amines is 2. The van der Waals surface area contributed by atoms with Crippen LogP contribution in [0.1, 0.15) is 46.2 Å². The third kappa shape index (κ3) is 1.93. The number of likely N-dealkylation sites (tertiary alicyclic amines) is 1. The van der Waals surface area contributed by atoms with E-state index in [2.05, 4.69) is 20.4 Å². The van der Waals surface area contributed by atoms with Crippen LogP contribution in [-0.4, -0.2) is 37.7 Å². The molecule has 6 heteroatoms. The van der Waals surface area contributed by atoms with E-state index in [0.29, 0.717) is 5.56 Å². The Kier molecular flexibility index (Phi) is 2.85. The second-order valence-corrected chi connectivity index (χ2v) is 5.03. The molecule has 1 aliphatic heterocycles. The van der Waals surface area contributed by atoms with Gasteiger partial charge in [0.15, 0.2) is 0 Å². The molecule has 0 radical (unpaired) electrons. The Labute approximate surface area is 111 Å². The predicted octanol–water partition coefficient (Wildman–Crippen LogP) is 1.73. The molecule has 1 fully saturated rings. The van der Waals surface area contributed by atoms with Gasteiger partial charge in [-0.2, -0.15) is 10.2 Å². The van der Waals surface area contributed by atoms with Crippen LogP contribution in [0.4, 0.5) is 0 Å². The summed E-state index contributed by atoms with van der Waals surface area (Å²) in [5.74, 6) is 0.0442. The van der Waals surface area contributed by atoms with Crippen LogP contribution in [0.2, 0.25) is 0 Å². The first-order valence-corrected chi connectivity index (χ1v) is 6.49. The SMILES string of the molecule is Cc1cn[nH]c1C1CCCN1C(=O)c1cn[nH]c1C. The summed E-state index contributed by atoms with van der Waals surface area (Å²) in [6.07, 6.45) is 5.41. The summed E-state index contributed by atoms with van der Waals surface area (Å²) in [6.45, 7) is 4.67. The molecule has 1 aliphatic rings. The van der Waals surface area contributed by atoms with E-state index < -0.39 is 0 Å². The number of amides is 1. The summed E-state index contributed by atoms with van der Waals surface area (Å²) in [6, 6.07) is 0.101. The number of aryl methyl sites for hydroxylation is 2. The monoisotopic (exact) mass is 259 g/mol. The van der Waals surface area contributed by atoms with E-state index in [0.717, 1.165) is 36.3 Å². The Morgan fingerprint density at radius 3 is 2.74 bits per heavy atom. The third-order valence-corrected chi connectivity index (χ3v) is 3.78. The van der Waals surface area contributed by atoms with Gasteiger partial charge < -0.3 is 4.90 Å². The summed E-state index contributed by atoms with van der Waals surface area (Å²) in [5, 5.41) is 13.8. The van der Waals surface area contributed by atoms with Gasteiger partial charge in [0.2, 0.25) is 0 Å². The van der Waals surface area contributed by atoms with Crippen LogP contribution in [0.15, 0.2) is 12.4 Å². The lowest BCUT2D eigenvalue weighted by molar-refractivity contribution is 0.0732. The quantitative estimate of drug-likeness (QED) is 0.862. The lowest BCUT2D eigenvalue weighted by Crippen LogP contribution is -2.31. The molecule has 2 N–H and O–H groups in total. The predicted molar refractivity (Wildman–Crippen MR) is 69.7 cm³/mol. The van der Waals surface area contributed by atoms with Crippen LogP contribution in [0.3, 0.4) is 0 Å². The average molecular weight is 259 g/mol. The Morgan fingerprint density at radius 1 is 1.32 bits per heavy atom. The molecule has 1 unspecified atom stereocenters. The van der Waals surface area contributed by atoms with Crippen molar-refractivity contribution in [3.8, 4) is 0 Å². The van der Waals surface area contributed by atoms with Crippen molar-refractivity contribution < 1.29 is 4.79 Å². The summed E-state index contributed by atoms with van der Waals surface area (Å²) in [4.78, 5) is 14.5. The van der Waals surface area contributed by atoms with Gasteiger partial charge in [0, 0.05) is 12.2 Å². The summed E-state index contributed by atoms with van der Waals surface area (Å²) < 4.78 is 0. The molecule has 6 nitrogen and oxygen atoms in total. The average Bonchev–Trinajstić information content (AvgIpc) is 3.07. The van der Waals surface area contributed by atoms with Gasteiger partial charge in [-0.1, -0.05) is 0 Å². The highest BCUT2D eigenvalue weighted by Crippen LogP contribution is 2.33. The number of hydrogen-bond donors (Lipinski definition) is 2. The lowest BCUT2D eigenvalue weighted by Gasteiger charge is -2.24. The zero-order valence-corrected chi connectivity index (χ0v) is 11.1. The summed E-state index contributed by atoms with van der Waals surface area (Å²) in [5.41, 5.74) is 3.63. The maximum absolute atomic E-state index is 12.6. The highest BCUT2D eigenvalue weighted by atomic mass is 16.2. The fourth-order valence-corrected chi connectivity index (χ4v) is 2.72. The largest absolute Gasteiger partial charge is 0.330 e. The van der Waals surface area contributed by atoms with Gasteiger partial charge in [0.1, 0.15) is 0 Å². The molecule has 0 aromatic carbocycles. The second kappa shape index (κ2) is 4.53. The van der Waals surface area contributed by atoms with E-state index in [-0.39, 0.29) is 11.9 Å². The molecule has 3 rings (SSSR count). The van der Waals surface area contributed by atoms with Gasteiger partial charge in [0.05, 0.1) is 29.7 Å². The normalized spacial score (nSPS) is 19.1. The van der Waals surface area contributed by atoms with E-state index in [4.69, 9.17) is 0 Å². The van der Waals surface area contributed by atoms with Gasteiger partial charge in [-0.15, -0.1) is 0 Å². The first-order valence-electron chi connectivity index (χ1n) is 6.49. The summed E-state index contributed by atoms with van der Waals surface area (Å²) >= 11 is 0. The molecular weight excluding hydrogens is 242 g/mol. The highest BCUT2D eigenvalue weighted by molar-refractivity contribution is 5.95. The number of carbonyl (C=O) groups excluding carboxylic acids is 1. The van der Waals surface area contributed by atoms with Crippen molar-refractivity contribution in [3.05, 3.63) is 34.9 Å². The van der Waals surface area contributed by atoms with E-state index in [9.17, 15) is 4.79 Å². The lowest BCUT2D eigenvalue weighted by atomic mass is 10.1. The molecule has 0 spiro atoms. The molecule has 3 heterocycles. The minimum atomic E-state index is 0.0442. The highest BCUT2D eigenvalue weighted by Gasteiger charge is 2.33. The smallest absolute Gasteiger partial charge is 0.257 e. The second-order valence-electron chi connectivity index (χ2n) is 5.03. The van der Waals surface area contributed by atoms with Crippen LogP contribution in [0, 0.1) is 13.8 Å². The standard InChI is InChI=1S/C13H17N5O/c1-8-6-14-17-12(8)11-4-3-5-18(11)13(19)10-7-15-16-9(10)2/h6-7,11H,3-5H2,1-2H3,(H,14,17)(H,15,16). The number of H-pyrrole nitrogens is 2. The maximum Gasteiger partial charge on any atom is 0.257 e. The van der Waals surface area contributed by atoms with Crippen molar-refractivity contribution in [3.63, 3.8) is 0 Å². The number of nitrogens with one attached hydrogen (secondary N) is 2. The zero-order valence-electron chi connectivity index (χ0n) is 11.1. The van der Waals surface area contributed by atoms with E-state index in [1.54, 1.807) is 12.4 Å². The zero-order chi connectivity index (χ0) is 13.4. The first-order chi connectivity index (χ1) is 9.18. The van der Waals surface area contributed by atoms with Crippen LogP contribution >= 0.6 is 0 Å². The molecule has 1 saturated heterocycles. The molecule has 2 aromatic rings. The third-order valence-electron chi connectivity index (χ3n) is 3.78. The minimum Gasteiger partial charge on any atom is -0.330 e. The Hall–Kier alpha value is -2.11. The molecule has 2 aromatic heterocycles. The van der Waals surface area contributed by atoms with Crippen molar-refractivity contribution in [2.75, 3.05) is 6.54 Å². The van der Waals surface area contributed by atoms with Crippen molar-refractivity contribution in [1.82, 2.24) is 25.3 Å². The molecule has 0 saturated carbocycles. The fourth-order valence-electron chi connectivity index (χ4n) is 2.72. The number of aromatic nitrogens is 4. The molecule has 0 bridgehead atoms. The molecule has 19 heavy (non-hydrogen) atoms. The van der Waals surface area contributed by atoms with Gasteiger partial charge in [0.25, 0.3) is 5.91 Å². The minimum absolute atomic E-state index is 0.0442. The molecular formula is C13H17N5O. The van der Waals surface area contributed by atoms with Crippen LogP contribution in [-0.2, 0) is 0 Å². The molecule has 0 aliphatic carbocycles. The number of carbonyl (C=O) groups is 1. The first kappa shape index (κ1) is 12.0. The van der Waals surface area contributed by atoms with Gasteiger partial charge in [-0.3, -0.25) is 15.0 Å². The van der Waals surface area contributed by atoms with Crippen molar-refractivity contribution in [2.24, 2.45) is 0 Å². The number of hydrogen-bond acceptors (Lipinski definition) is 3. The van der Waals surface area contributed by atoms with E-state index in [1.807, 2.05) is 18.7 Å². The topological polar surface area (TPSA) is 77.7 Å². The fraction of sp³-hybridized carbons (Fsp3) is 0.462. The Balaban J connectivity index is 1.90. The van der Waals surface area contributed by atoms with Crippen LogP contribution < -0.4 is 0 Å². The van der Waals surface area contributed by atoms with E-state index >= 15 is 0 Å². The van der Waals surface area contributed by atoms with Crippen LogP contribution in [0.25, 0.3) is 0 Å². The number of rotatable bonds is 2. The van der Waals surface area contributed by atoms with Crippen molar-refractivity contribution in [1.29, 1.82) is 0 Å². The molecule has 100 valence electrons. The maximum atomic E-state index is 12.6. The van der Waals surface area contributed by atoms with E-state index in [1.165, 1.54) is 0 Å². The number of nitrogens with zero attached hydrogens (tertiary/aromatic N) is 3.